The highest BCUT2D eigenvalue weighted by Gasteiger charge is 2.20. The Morgan fingerprint density at radius 3 is 2.26 bits per heavy atom. The second kappa shape index (κ2) is 7.16. The van der Waals surface area contributed by atoms with Gasteiger partial charge >= 0.3 is 0 Å². The van der Waals surface area contributed by atoms with E-state index in [4.69, 9.17) is 0 Å². The van der Waals surface area contributed by atoms with E-state index in [1.807, 2.05) is 12.1 Å². The molecule has 3 nitrogen and oxygen atoms in total. The molecule has 0 saturated carbocycles. The van der Waals surface area contributed by atoms with E-state index in [1.54, 1.807) is 0 Å². The van der Waals surface area contributed by atoms with Crippen LogP contribution < -0.4 is 4.90 Å². The van der Waals surface area contributed by atoms with Gasteiger partial charge in [0.2, 0.25) is 0 Å². The van der Waals surface area contributed by atoms with Crippen LogP contribution in [-0.4, -0.2) is 42.7 Å². The standard InChI is InChI=1S/C20H26N2O/c1-16-6-8-18(9-7-16)20(23)15-21-10-12-22(13-11-21)19-5-3-4-17(2)14-19/h3-9,14,20,23H,10-13,15H2,1-2H3/t20-/m0/s1. The Kier molecular flexibility index (Phi) is 4.99. The number of piperazine rings is 1. The minimum atomic E-state index is -0.402. The lowest BCUT2D eigenvalue weighted by atomic mass is 10.1. The predicted molar refractivity (Wildman–Crippen MR) is 96.0 cm³/mol. The third-order valence-electron chi connectivity index (χ3n) is 4.63. The van der Waals surface area contributed by atoms with Crippen molar-refractivity contribution in [2.75, 3.05) is 37.6 Å². The number of hydrogen-bond donors (Lipinski definition) is 1. The van der Waals surface area contributed by atoms with Crippen molar-refractivity contribution in [3.8, 4) is 0 Å². The van der Waals surface area contributed by atoms with Crippen LogP contribution >= 0.6 is 0 Å². The Labute approximate surface area is 139 Å². The molecule has 3 heteroatoms. The van der Waals surface area contributed by atoms with Gasteiger partial charge in [-0.25, -0.2) is 0 Å². The van der Waals surface area contributed by atoms with Crippen molar-refractivity contribution in [1.29, 1.82) is 0 Å². The normalized spacial score (nSPS) is 17.3. The van der Waals surface area contributed by atoms with Gasteiger partial charge in [-0.1, -0.05) is 42.0 Å². The number of β-amino-alcohol motifs (C(OH)–C–C–N with tert-alkyl or cyclic N) is 1. The van der Waals surface area contributed by atoms with Crippen LogP contribution in [0.3, 0.4) is 0 Å². The molecular weight excluding hydrogens is 284 g/mol. The van der Waals surface area contributed by atoms with Gasteiger partial charge in [0, 0.05) is 38.4 Å². The van der Waals surface area contributed by atoms with Crippen LogP contribution in [0.15, 0.2) is 48.5 Å². The summed E-state index contributed by atoms with van der Waals surface area (Å²) in [5, 5.41) is 10.4. The number of nitrogens with zero attached hydrogens (tertiary/aromatic N) is 2. The van der Waals surface area contributed by atoms with E-state index in [1.165, 1.54) is 16.8 Å². The summed E-state index contributed by atoms with van der Waals surface area (Å²) in [6.45, 7) is 8.95. The Bertz CT molecular complexity index is 630. The van der Waals surface area contributed by atoms with Crippen molar-refractivity contribution >= 4 is 5.69 Å². The molecule has 1 aliphatic rings. The quantitative estimate of drug-likeness (QED) is 0.940. The van der Waals surface area contributed by atoms with Gasteiger partial charge in [0.05, 0.1) is 6.10 Å². The van der Waals surface area contributed by atoms with E-state index in [2.05, 4.69) is 60.0 Å². The van der Waals surface area contributed by atoms with Crippen LogP contribution in [0.1, 0.15) is 22.8 Å². The molecule has 1 heterocycles. The maximum absolute atomic E-state index is 10.4. The van der Waals surface area contributed by atoms with Gasteiger partial charge in [0.15, 0.2) is 0 Å². The fourth-order valence-electron chi connectivity index (χ4n) is 3.15. The number of anilines is 1. The van der Waals surface area contributed by atoms with E-state index in [0.29, 0.717) is 6.54 Å². The molecule has 0 unspecified atom stereocenters. The largest absolute Gasteiger partial charge is 0.387 e. The number of aliphatic hydroxyl groups is 1. The summed E-state index contributed by atoms with van der Waals surface area (Å²) in [5.74, 6) is 0. The molecule has 0 bridgehead atoms. The average molecular weight is 310 g/mol. The molecule has 1 atom stereocenters. The van der Waals surface area contributed by atoms with Gasteiger partial charge in [-0.2, -0.15) is 0 Å². The van der Waals surface area contributed by atoms with Crippen molar-refractivity contribution in [2.45, 2.75) is 20.0 Å². The summed E-state index contributed by atoms with van der Waals surface area (Å²) < 4.78 is 0. The molecule has 0 spiro atoms. The van der Waals surface area contributed by atoms with Crippen molar-refractivity contribution < 1.29 is 5.11 Å². The third-order valence-corrected chi connectivity index (χ3v) is 4.63. The topological polar surface area (TPSA) is 26.7 Å². The van der Waals surface area contributed by atoms with E-state index in [0.717, 1.165) is 31.7 Å². The van der Waals surface area contributed by atoms with Crippen LogP contribution in [0, 0.1) is 13.8 Å². The minimum absolute atomic E-state index is 0.402. The summed E-state index contributed by atoms with van der Waals surface area (Å²) in [7, 11) is 0. The molecule has 0 radical (unpaired) electrons. The molecule has 2 aromatic carbocycles. The molecule has 0 amide bonds. The zero-order valence-corrected chi connectivity index (χ0v) is 14.1. The van der Waals surface area contributed by atoms with Gasteiger partial charge in [-0.05, 0) is 37.1 Å². The van der Waals surface area contributed by atoms with E-state index in [9.17, 15) is 5.11 Å². The van der Waals surface area contributed by atoms with E-state index >= 15 is 0 Å². The molecule has 0 aromatic heterocycles. The smallest absolute Gasteiger partial charge is 0.0916 e. The van der Waals surface area contributed by atoms with E-state index < -0.39 is 6.10 Å². The van der Waals surface area contributed by atoms with Crippen LogP contribution in [0.5, 0.6) is 0 Å². The minimum Gasteiger partial charge on any atom is -0.387 e. The van der Waals surface area contributed by atoms with Crippen LogP contribution in [0.4, 0.5) is 5.69 Å². The first-order valence-electron chi connectivity index (χ1n) is 8.40. The predicted octanol–water partition coefficient (Wildman–Crippen LogP) is 3.16. The van der Waals surface area contributed by atoms with Gasteiger partial charge < -0.3 is 10.0 Å². The lowest BCUT2D eigenvalue weighted by molar-refractivity contribution is 0.109. The average Bonchev–Trinajstić information content (AvgIpc) is 2.56. The summed E-state index contributed by atoms with van der Waals surface area (Å²) >= 11 is 0. The number of benzene rings is 2. The Balaban J connectivity index is 1.54. The molecule has 122 valence electrons. The van der Waals surface area contributed by atoms with Crippen molar-refractivity contribution in [3.63, 3.8) is 0 Å². The maximum atomic E-state index is 10.4. The Hall–Kier alpha value is -1.84. The number of aliphatic hydroxyl groups excluding tert-OH is 1. The van der Waals surface area contributed by atoms with Gasteiger partial charge in [-0.15, -0.1) is 0 Å². The monoisotopic (exact) mass is 310 g/mol. The lowest BCUT2D eigenvalue weighted by Crippen LogP contribution is -2.47. The first-order chi connectivity index (χ1) is 11.1. The summed E-state index contributed by atoms with van der Waals surface area (Å²) in [6.07, 6.45) is -0.402. The first-order valence-corrected chi connectivity index (χ1v) is 8.40. The molecule has 2 aromatic rings. The number of rotatable bonds is 4. The fraction of sp³-hybridized carbons (Fsp3) is 0.400. The molecule has 23 heavy (non-hydrogen) atoms. The molecule has 1 N–H and O–H groups in total. The zero-order valence-electron chi connectivity index (χ0n) is 14.1. The molecule has 0 aliphatic carbocycles. The SMILES string of the molecule is Cc1ccc([C@@H](O)CN2CCN(c3cccc(C)c3)CC2)cc1. The second-order valence-corrected chi connectivity index (χ2v) is 6.55. The summed E-state index contributed by atoms with van der Waals surface area (Å²) in [5.41, 5.74) is 4.85. The fourth-order valence-corrected chi connectivity index (χ4v) is 3.15. The van der Waals surface area contributed by atoms with Crippen molar-refractivity contribution in [3.05, 3.63) is 65.2 Å². The van der Waals surface area contributed by atoms with Gasteiger partial charge in [-0.3, -0.25) is 4.90 Å². The zero-order chi connectivity index (χ0) is 16.2. The van der Waals surface area contributed by atoms with Crippen molar-refractivity contribution in [1.82, 2.24) is 4.90 Å². The van der Waals surface area contributed by atoms with Crippen LogP contribution in [-0.2, 0) is 0 Å². The molecule has 1 aliphatic heterocycles. The Morgan fingerprint density at radius 2 is 1.61 bits per heavy atom. The molecular formula is C20H26N2O. The van der Waals surface area contributed by atoms with Gasteiger partial charge in [0.25, 0.3) is 0 Å². The third kappa shape index (κ3) is 4.12. The van der Waals surface area contributed by atoms with Crippen molar-refractivity contribution in [2.24, 2.45) is 0 Å². The lowest BCUT2D eigenvalue weighted by Gasteiger charge is -2.37. The van der Waals surface area contributed by atoms with Crippen LogP contribution in [0.2, 0.25) is 0 Å². The number of hydrogen-bond acceptors (Lipinski definition) is 3. The second-order valence-electron chi connectivity index (χ2n) is 6.55. The molecule has 1 fully saturated rings. The molecule has 1 saturated heterocycles. The summed E-state index contributed by atoms with van der Waals surface area (Å²) in [4.78, 5) is 4.79. The van der Waals surface area contributed by atoms with E-state index in [-0.39, 0.29) is 0 Å². The molecule has 3 rings (SSSR count). The number of aryl methyl sites for hydroxylation is 2. The highest BCUT2D eigenvalue weighted by Crippen LogP contribution is 2.20. The maximum Gasteiger partial charge on any atom is 0.0916 e. The Morgan fingerprint density at radius 1 is 0.913 bits per heavy atom. The first kappa shape index (κ1) is 16.0. The van der Waals surface area contributed by atoms with Crippen LogP contribution in [0.25, 0.3) is 0 Å². The highest BCUT2D eigenvalue weighted by atomic mass is 16.3. The summed E-state index contributed by atoms with van der Waals surface area (Å²) in [6, 6.07) is 16.9. The van der Waals surface area contributed by atoms with Gasteiger partial charge in [0.1, 0.15) is 0 Å². The highest BCUT2D eigenvalue weighted by molar-refractivity contribution is 5.48.